The molecule has 0 atom stereocenters. The number of rotatable bonds is 9. The summed E-state index contributed by atoms with van der Waals surface area (Å²) in [4.78, 5) is 14.9. The van der Waals surface area contributed by atoms with Gasteiger partial charge in [0, 0.05) is 18.7 Å². The fourth-order valence-electron chi connectivity index (χ4n) is 3.14. The highest BCUT2D eigenvalue weighted by Crippen LogP contribution is 2.28. The topological polar surface area (TPSA) is 75.8 Å². The third-order valence-corrected chi connectivity index (χ3v) is 4.86. The van der Waals surface area contributed by atoms with Crippen LogP contribution in [0.25, 0.3) is 0 Å². The first-order valence-electron chi connectivity index (χ1n) is 10.1. The minimum atomic E-state index is -0.145. The Hall–Kier alpha value is -3.31. The predicted octanol–water partition coefficient (Wildman–Crippen LogP) is 4.27. The number of amides is 1. The number of nitrogens with two attached hydrogens (primary N) is 1. The van der Waals surface area contributed by atoms with Crippen LogP contribution >= 0.6 is 0 Å². The van der Waals surface area contributed by atoms with Gasteiger partial charge in [-0.05, 0) is 49.2 Å². The summed E-state index contributed by atoms with van der Waals surface area (Å²) in [5.41, 5.74) is 9.31. The van der Waals surface area contributed by atoms with Gasteiger partial charge in [0.15, 0.2) is 11.5 Å². The number of carbonyl (C=O) groups is 1. The first-order chi connectivity index (χ1) is 14.6. The van der Waals surface area contributed by atoms with E-state index in [-0.39, 0.29) is 11.7 Å². The zero-order chi connectivity index (χ0) is 21.3. The molecule has 0 heterocycles. The molecule has 0 saturated heterocycles. The standard InChI is InChI=1S/C25H28N2O3/c1-19-8-10-20(11-9-19)17-27(15-5-14-26)25(29)22-12-13-24(23(28)16-22)30-18-21-6-3-2-4-7-21/h2-4,6-13,16,28H,5,14-15,17-18,26H2,1H3. The Morgan fingerprint density at radius 1 is 1.00 bits per heavy atom. The van der Waals surface area contributed by atoms with E-state index in [9.17, 15) is 9.90 Å². The lowest BCUT2D eigenvalue weighted by Crippen LogP contribution is -2.32. The van der Waals surface area contributed by atoms with Crippen LogP contribution in [0.5, 0.6) is 11.5 Å². The Balaban J connectivity index is 1.71. The molecule has 3 aromatic carbocycles. The number of aromatic hydroxyl groups is 1. The van der Waals surface area contributed by atoms with E-state index < -0.39 is 0 Å². The summed E-state index contributed by atoms with van der Waals surface area (Å²) in [6.45, 7) is 3.93. The molecule has 0 bridgehead atoms. The molecule has 0 aliphatic carbocycles. The van der Waals surface area contributed by atoms with Gasteiger partial charge in [0.2, 0.25) is 0 Å². The molecule has 0 unspecified atom stereocenters. The minimum Gasteiger partial charge on any atom is -0.504 e. The van der Waals surface area contributed by atoms with E-state index in [4.69, 9.17) is 10.5 Å². The maximum Gasteiger partial charge on any atom is 0.254 e. The van der Waals surface area contributed by atoms with Crippen LogP contribution in [0.2, 0.25) is 0 Å². The number of benzene rings is 3. The van der Waals surface area contributed by atoms with Gasteiger partial charge in [-0.15, -0.1) is 0 Å². The number of hydrogen-bond acceptors (Lipinski definition) is 4. The van der Waals surface area contributed by atoms with E-state index >= 15 is 0 Å². The summed E-state index contributed by atoms with van der Waals surface area (Å²) < 4.78 is 5.70. The molecule has 0 aromatic heterocycles. The van der Waals surface area contributed by atoms with Crippen molar-refractivity contribution in [1.29, 1.82) is 0 Å². The van der Waals surface area contributed by atoms with Crippen molar-refractivity contribution in [3.05, 3.63) is 95.1 Å². The van der Waals surface area contributed by atoms with Gasteiger partial charge in [-0.25, -0.2) is 0 Å². The van der Waals surface area contributed by atoms with Gasteiger partial charge in [-0.1, -0.05) is 60.2 Å². The van der Waals surface area contributed by atoms with Crippen LogP contribution in [0.3, 0.4) is 0 Å². The zero-order valence-electron chi connectivity index (χ0n) is 17.3. The maximum atomic E-state index is 13.1. The Kier molecular flexibility index (Phi) is 7.46. The Labute approximate surface area is 177 Å². The first kappa shape index (κ1) is 21.4. The number of ether oxygens (including phenoxy) is 1. The molecular formula is C25H28N2O3. The molecule has 5 nitrogen and oxygen atoms in total. The predicted molar refractivity (Wildman–Crippen MR) is 118 cm³/mol. The molecule has 30 heavy (non-hydrogen) atoms. The van der Waals surface area contributed by atoms with Gasteiger partial charge in [0.1, 0.15) is 6.61 Å². The second kappa shape index (κ2) is 10.5. The Bertz CT molecular complexity index is 956. The molecule has 0 fully saturated rings. The van der Waals surface area contributed by atoms with Crippen molar-refractivity contribution in [2.24, 2.45) is 5.73 Å². The highest BCUT2D eigenvalue weighted by atomic mass is 16.5. The molecule has 0 saturated carbocycles. The molecule has 0 radical (unpaired) electrons. The van der Waals surface area contributed by atoms with Crippen LogP contribution in [0, 0.1) is 6.92 Å². The Morgan fingerprint density at radius 3 is 2.40 bits per heavy atom. The number of carbonyl (C=O) groups excluding carboxylic acids is 1. The van der Waals surface area contributed by atoms with Gasteiger partial charge < -0.3 is 20.5 Å². The zero-order valence-corrected chi connectivity index (χ0v) is 17.3. The van der Waals surface area contributed by atoms with Crippen LogP contribution in [-0.4, -0.2) is 29.0 Å². The van der Waals surface area contributed by atoms with Crippen molar-refractivity contribution in [2.45, 2.75) is 26.5 Å². The smallest absolute Gasteiger partial charge is 0.254 e. The number of aryl methyl sites for hydroxylation is 1. The molecule has 1 amide bonds. The monoisotopic (exact) mass is 404 g/mol. The fraction of sp³-hybridized carbons (Fsp3) is 0.240. The normalized spacial score (nSPS) is 10.6. The van der Waals surface area contributed by atoms with Gasteiger partial charge in [-0.3, -0.25) is 4.79 Å². The molecule has 0 aliphatic heterocycles. The van der Waals surface area contributed by atoms with Crippen LogP contribution < -0.4 is 10.5 Å². The van der Waals surface area contributed by atoms with Gasteiger partial charge >= 0.3 is 0 Å². The molecular weight excluding hydrogens is 376 g/mol. The van der Waals surface area contributed by atoms with E-state index in [1.807, 2.05) is 61.5 Å². The van der Waals surface area contributed by atoms with Gasteiger partial charge in [0.05, 0.1) is 0 Å². The van der Waals surface area contributed by atoms with E-state index in [0.29, 0.717) is 44.0 Å². The van der Waals surface area contributed by atoms with Crippen LogP contribution in [0.4, 0.5) is 0 Å². The summed E-state index contributed by atoms with van der Waals surface area (Å²) in [6, 6.07) is 22.6. The molecule has 0 spiro atoms. The average Bonchev–Trinajstić information content (AvgIpc) is 2.77. The summed E-state index contributed by atoms with van der Waals surface area (Å²) in [5.74, 6) is 0.155. The van der Waals surface area contributed by atoms with Crippen LogP contribution in [-0.2, 0) is 13.2 Å². The minimum absolute atomic E-state index is 0.0501. The number of nitrogens with zero attached hydrogens (tertiary/aromatic N) is 1. The van der Waals surface area contributed by atoms with Crippen molar-refractivity contribution >= 4 is 5.91 Å². The highest BCUT2D eigenvalue weighted by Gasteiger charge is 2.18. The number of phenols is 1. The van der Waals surface area contributed by atoms with Crippen molar-refractivity contribution in [3.63, 3.8) is 0 Å². The quantitative estimate of drug-likeness (QED) is 0.558. The lowest BCUT2D eigenvalue weighted by atomic mass is 10.1. The van der Waals surface area contributed by atoms with Crippen molar-refractivity contribution in [2.75, 3.05) is 13.1 Å². The maximum absolute atomic E-state index is 13.1. The average molecular weight is 405 g/mol. The molecule has 5 heteroatoms. The Morgan fingerprint density at radius 2 is 1.73 bits per heavy atom. The number of hydrogen-bond donors (Lipinski definition) is 2. The molecule has 0 aliphatic rings. The van der Waals surface area contributed by atoms with Gasteiger partial charge in [0.25, 0.3) is 5.91 Å². The summed E-state index contributed by atoms with van der Waals surface area (Å²) in [6.07, 6.45) is 0.710. The summed E-state index contributed by atoms with van der Waals surface area (Å²) in [5, 5.41) is 10.4. The van der Waals surface area contributed by atoms with Crippen molar-refractivity contribution < 1.29 is 14.6 Å². The second-order valence-electron chi connectivity index (χ2n) is 7.31. The lowest BCUT2D eigenvalue weighted by molar-refractivity contribution is 0.0741. The summed E-state index contributed by atoms with van der Waals surface area (Å²) >= 11 is 0. The van der Waals surface area contributed by atoms with E-state index in [2.05, 4.69) is 0 Å². The molecule has 156 valence electrons. The SMILES string of the molecule is Cc1ccc(CN(CCCN)C(=O)c2ccc(OCc3ccccc3)c(O)c2)cc1. The largest absolute Gasteiger partial charge is 0.504 e. The molecule has 3 rings (SSSR count). The third kappa shape index (κ3) is 5.84. The lowest BCUT2D eigenvalue weighted by Gasteiger charge is -2.23. The second-order valence-corrected chi connectivity index (χ2v) is 7.31. The first-order valence-corrected chi connectivity index (χ1v) is 10.1. The van der Waals surface area contributed by atoms with E-state index in [1.165, 1.54) is 11.6 Å². The van der Waals surface area contributed by atoms with E-state index in [1.54, 1.807) is 17.0 Å². The highest BCUT2D eigenvalue weighted by molar-refractivity contribution is 5.94. The molecule has 3 aromatic rings. The number of phenolic OH excluding ortho intramolecular Hbond substituents is 1. The summed E-state index contributed by atoms with van der Waals surface area (Å²) in [7, 11) is 0. The van der Waals surface area contributed by atoms with Crippen molar-refractivity contribution in [1.82, 2.24) is 4.90 Å². The van der Waals surface area contributed by atoms with E-state index in [0.717, 1.165) is 11.1 Å². The third-order valence-electron chi connectivity index (χ3n) is 4.86. The molecule has 3 N–H and O–H groups in total. The fourth-order valence-corrected chi connectivity index (χ4v) is 3.14. The van der Waals surface area contributed by atoms with Crippen LogP contribution in [0.1, 0.15) is 33.5 Å². The van der Waals surface area contributed by atoms with Crippen LogP contribution in [0.15, 0.2) is 72.8 Å². The van der Waals surface area contributed by atoms with Gasteiger partial charge in [-0.2, -0.15) is 0 Å². The van der Waals surface area contributed by atoms with Crippen molar-refractivity contribution in [3.8, 4) is 11.5 Å².